The number of halogens is 2. The van der Waals surface area contributed by atoms with Gasteiger partial charge in [0.05, 0.1) is 0 Å². The molecular formula is C14H20BrClN2. The topological polar surface area (TPSA) is 6.48 Å². The zero-order chi connectivity index (χ0) is 13.0. The maximum atomic E-state index is 5.86. The molecule has 2 nitrogen and oxygen atoms in total. The molecule has 2 rings (SSSR count). The van der Waals surface area contributed by atoms with Gasteiger partial charge < -0.3 is 9.80 Å². The highest BCUT2D eigenvalue weighted by molar-refractivity contribution is 9.10. The molecule has 1 fully saturated rings. The van der Waals surface area contributed by atoms with Gasteiger partial charge in [0.1, 0.15) is 0 Å². The van der Waals surface area contributed by atoms with Crippen molar-refractivity contribution in [2.24, 2.45) is 0 Å². The van der Waals surface area contributed by atoms with E-state index in [-0.39, 0.29) is 0 Å². The number of alkyl halides is 1. The molecular weight excluding hydrogens is 312 g/mol. The van der Waals surface area contributed by atoms with Gasteiger partial charge in [-0.25, -0.2) is 0 Å². The molecule has 4 heteroatoms. The van der Waals surface area contributed by atoms with Gasteiger partial charge in [-0.1, -0.05) is 22.0 Å². The first-order chi connectivity index (χ1) is 8.70. The number of anilines is 1. The van der Waals surface area contributed by atoms with Gasteiger partial charge in [-0.15, -0.1) is 11.6 Å². The smallest absolute Gasteiger partial charge is 0.0485 e. The summed E-state index contributed by atoms with van der Waals surface area (Å²) in [4.78, 5) is 4.85. The first-order valence-electron chi connectivity index (χ1n) is 6.48. The van der Waals surface area contributed by atoms with E-state index < -0.39 is 0 Å². The normalized spacial score (nSPS) is 16.2. The molecule has 1 saturated heterocycles. The summed E-state index contributed by atoms with van der Waals surface area (Å²) >= 11 is 9.43. The van der Waals surface area contributed by atoms with Crippen LogP contribution in [0.1, 0.15) is 18.4 Å². The van der Waals surface area contributed by atoms with Crippen molar-refractivity contribution in [3.8, 4) is 0 Å². The zero-order valence-electron chi connectivity index (χ0n) is 10.8. The molecule has 0 atom stereocenters. The van der Waals surface area contributed by atoms with Crippen molar-refractivity contribution < 1.29 is 0 Å². The molecule has 0 radical (unpaired) electrons. The summed E-state index contributed by atoms with van der Waals surface area (Å²) in [6, 6.07) is 6.40. The molecule has 1 aromatic rings. The Labute approximate surface area is 123 Å². The van der Waals surface area contributed by atoms with Crippen LogP contribution in [0.15, 0.2) is 22.7 Å². The fourth-order valence-electron chi connectivity index (χ4n) is 2.31. The van der Waals surface area contributed by atoms with Gasteiger partial charge in [-0.2, -0.15) is 0 Å². The van der Waals surface area contributed by atoms with Crippen molar-refractivity contribution in [2.45, 2.75) is 18.7 Å². The van der Waals surface area contributed by atoms with Gasteiger partial charge >= 0.3 is 0 Å². The number of likely N-dealkylation sites (N-methyl/N-ethyl adjacent to an activating group) is 1. The molecule has 0 unspecified atom stereocenters. The predicted octanol–water partition coefficient (Wildman–Crippen LogP) is 3.72. The summed E-state index contributed by atoms with van der Waals surface area (Å²) < 4.78 is 1.10. The average Bonchev–Trinajstić information content (AvgIpc) is 2.89. The van der Waals surface area contributed by atoms with Crippen LogP contribution in [0.3, 0.4) is 0 Å². The monoisotopic (exact) mass is 330 g/mol. The van der Waals surface area contributed by atoms with Gasteiger partial charge in [-0.3, -0.25) is 0 Å². The summed E-state index contributed by atoms with van der Waals surface area (Å²) in [6.45, 7) is 4.77. The third kappa shape index (κ3) is 3.62. The van der Waals surface area contributed by atoms with Crippen molar-refractivity contribution in [2.75, 3.05) is 38.1 Å². The van der Waals surface area contributed by atoms with E-state index in [1.807, 2.05) is 0 Å². The first kappa shape index (κ1) is 14.2. The number of rotatable bonds is 5. The Morgan fingerprint density at radius 1 is 1.33 bits per heavy atom. The van der Waals surface area contributed by atoms with E-state index in [0.717, 1.165) is 23.1 Å². The second kappa shape index (κ2) is 6.78. The SMILES string of the molecule is CN(CCN1CCCC1)c1ccc(CCl)c(Br)c1. The van der Waals surface area contributed by atoms with E-state index in [1.54, 1.807) is 0 Å². The molecule has 18 heavy (non-hydrogen) atoms. The van der Waals surface area contributed by atoms with Crippen LogP contribution >= 0.6 is 27.5 Å². The van der Waals surface area contributed by atoms with E-state index in [0.29, 0.717) is 5.88 Å². The average molecular weight is 332 g/mol. The molecule has 1 aromatic carbocycles. The van der Waals surface area contributed by atoms with Crippen LogP contribution in [-0.2, 0) is 5.88 Å². The third-order valence-electron chi connectivity index (χ3n) is 3.57. The van der Waals surface area contributed by atoms with E-state index in [2.05, 4.69) is 51.0 Å². The minimum Gasteiger partial charge on any atom is -0.373 e. The minimum atomic E-state index is 0.554. The van der Waals surface area contributed by atoms with Crippen LogP contribution in [0.25, 0.3) is 0 Å². The Morgan fingerprint density at radius 2 is 2.06 bits per heavy atom. The van der Waals surface area contributed by atoms with Crippen molar-refractivity contribution in [1.29, 1.82) is 0 Å². The van der Waals surface area contributed by atoms with Crippen molar-refractivity contribution >= 4 is 33.2 Å². The molecule has 0 amide bonds. The number of likely N-dealkylation sites (tertiary alicyclic amines) is 1. The third-order valence-corrected chi connectivity index (χ3v) is 4.60. The van der Waals surface area contributed by atoms with Crippen LogP contribution in [0.2, 0.25) is 0 Å². The molecule has 0 N–H and O–H groups in total. The summed E-state index contributed by atoms with van der Waals surface area (Å²) in [6.07, 6.45) is 2.72. The highest BCUT2D eigenvalue weighted by Crippen LogP contribution is 2.24. The first-order valence-corrected chi connectivity index (χ1v) is 7.81. The Balaban J connectivity index is 1.91. The quantitative estimate of drug-likeness (QED) is 0.759. The summed E-state index contributed by atoms with van der Waals surface area (Å²) in [5.41, 5.74) is 2.39. The zero-order valence-corrected chi connectivity index (χ0v) is 13.2. The lowest BCUT2D eigenvalue weighted by Crippen LogP contribution is -2.31. The molecule has 0 spiro atoms. The fraction of sp³-hybridized carbons (Fsp3) is 0.571. The van der Waals surface area contributed by atoms with Crippen LogP contribution in [0.5, 0.6) is 0 Å². The highest BCUT2D eigenvalue weighted by atomic mass is 79.9. The lowest BCUT2D eigenvalue weighted by atomic mass is 10.2. The molecule has 0 bridgehead atoms. The number of hydrogen-bond donors (Lipinski definition) is 0. The molecule has 0 saturated carbocycles. The van der Waals surface area contributed by atoms with Gasteiger partial charge in [0.2, 0.25) is 0 Å². The summed E-state index contributed by atoms with van der Waals surface area (Å²) in [5, 5.41) is 0. The standard InChI is InChI=1S/C14H20BrClN2/c1-17(8-9-18-6-2-3-7-18)13-5-4-12(11-16)14(15)10-13/h4-5,10H,2-3,6-9,11H2,1H3. The second-order valence-corrected chi connectivity index (χ2v) is 6.00. The maximum Gasteiger partial charge on any atom is 0.0485 e. The van der Waals surface area contributed by atoms with Crippen LogP contribution < -0.4 is 4.90 Å². The van der Waals surface area contributed by atoms with Crippen molar-refractivity contribution in [3.63, 3.8) is 0 Å². The predicted molar refractivity (Wildman–Crippen MR) is 82.6 cm³/mol. The lowest BCUT2D eigenvalue weighted by Gasteiger charge is -2.23. The van der Waals surface area contributed by atoms with Crippen LogP contribution in [-0.4, -0.2) is 38.1 Å². The van der Waals surface area contributed by atoms with E-state index >= 15 is 0 Å². The van der Waals surface area contributed by atoms with Crippen LogP contribution in [0.4, 0.5) is 5.69 Å². The van der Waals surface area contributed by atoms with Gasteiger partial charge in [0.15, 0.2) is 0 Å². The number of hydrogen-bond acceptors (Lipinski definition) is 2. The van der Waals surface area contributed by atoms with Gasteiger partial charge in [0, 0.05) is 36.2 Å². The number of benzene rings is 1. The molecule has 100 valence electrons. The molecule has 1 aliphatic rings. The highest BCUT2D eigenvalue weighted by Gasteiger charge is 2.12. The fourth-order valence-corrected chi connectivity index (χ4v) is 3.21. The van der Waals surface area contributed by atoms with E-state index in [1.165, 1.54) is 31.6 Å². The molecule has 1 aliphatic heterocycles. The van der Waals surface area contributed by atoms with E-state index in [9.17, 15) is 0 Å². The van der Waals surface area contributed by atoms with Gasteiger partial charge in [-0.05, 0) is 43.6 Å². The molecule has 1 heterocycles. The lowest BCUT2D eigenvalue weighted by molar-refractivity contribution is 0.346. The second-order valence-electron chi connectivity index (χ2n) is 4.88. The Kier molecular flexibility index (Phi) is 5.34. The summed E-state index contributed by atoms with van der Waals surface area (Å²) in [7, 11) is 2.15. The maximum absolute atomic E-state index is 5.86. The minimum absolute atomic E-state index is 0.554. The Bertz CT molecular complexity index is 391. The number of nitrogens with zero attached hydrogens (tertiary/aromatic N) is 2. The van der Waals surface area contributed by atoms with Crippen LogP contribution in [0, 0.1) is 0 Å². The Morgan fingerprint density at radius 3 is 2.67 bits per heavy atom. The summed E-state index contributed by atoms with van der Waals surface area (Å²) in [5.74, 6) is 0.554. The molecule has 0 aliphatic carbocycles. The Hall–Kier alpha value is -0.250. The van der Waals surface area contributed by atoms with Gasteiger partial charge in [0.25, 0.3) is 0 Å². The van der Waals surface area contributed by atoms with E-state index in [4.69, 9.17) is 11.6 Å². The van der Waals surface area contributed by atoms with Crippen molar-refractivity contribution in [3.05, 3.63) is 28.2 Å². The largest absolute Gasteiger partial charge is 0.373 e. The van der Waals surface area contributed by atoms with Crippen molar-refractivity contribution in [1.82, 2.24) is 4.90 Å². The molecule has 0 aromatic heterocycles.